The summed E-state index contributed by atoms with van der Waals surface area (Å²) in [5, 5.41) is 7.30. The van der Waals surface area contributed by atoms with Gasteiger partial charge in [-0.25, -0.2) is 8.42 Å². The van der Waals surface area contributed by atoms with Crippen LogP contribution in [-0.4, -0.2) is 30.9 Å². The molecule has 2 aromatic carbocycles. The molecule has 0 aliphatic carbocycles. The van der Waals surface area contributed by atoms with Gasteiger partial charge in [-0.2, -0.15) is 4.31 Å². The van der Waals surface area contributed by atoms with E-state index in [1.807, 2.05) is 19.1 Å². The summed E-state index contributed by atoms with van der Waals surface area (Å²) in [4.78, 5) is 0.312. The second-order valence-electron chi connectivity index (χ2n) is 6.88. The van der Waals surface area contributed by atoms with E-state index < -0.39 is 10.0 Å². The second-order valence-corrected chi connectivity index (χ2v) is 9.66. The summed E-state index contributed by atoms with van der Waals surface area (Å²) in [5.74, 6) is 0. The summed E-state index contributed by atoms with van der Waals surface area (Å²) in [6.45, 7) is 3.13. The molecule has 0 spiro atoms. The predicted octanol–water partition coefficient (Wildman–Crippen LogP) is 5.02. The van der Waals surface area contributed by atoms with Gasteiger partial charge in [-0.15, -0.1) is 0 Å². The Labute approximate surface area is 177 Å². The fraction of sp³-hybridized carbons (Fsp3) is 0.350. The summed E-state index contributed by atoms with van der Waals surface area (Å²) in [6, 6.07) is 12.2. The van der Waals surface area contributed by atoms with Crippen LogP contribution < -0.4 is 10.6 Å². The van der Waals surface area contributed by atoms with Crippen molar-refractivity contribution in [3.05, 3.63) is 53.1 Å². The van der Waals surface area contributed by atoms with Crippen molar-refractivity contribution in [1.82, 2.24) is 4.31 Å². The lowest BCUT2D eigenvalue weighted by molar-refractivity contribution is 0.424. The minimum absolute atomic E-state index is 0.312. The first-order valence-electron chi connectivity index (χ1n) is 9.30. The first-order chi connectivity index (χ1) is 13.4. The molecule has 0 amide bonds. The molecule has 3 rings (SSSR count). The Balaban J connectivity index is 1.66. The number of nitrogens with one attached hydrogen (secondary N) is 2. The van der Waals surface area contributed by atoms with Gasteiger partial charge in [0.05, 0.1) is 4.90 Å². The van der Waals surface area contributed by atoms with E-state index >= 15 is 0 Å². The normalized spacial score (nSPS) is 15.6. The van der Waals surface area contributed by atoms with Crippen LogP contribution >= 0.6 is 23.8 Å². The minimum atomic E-state index is -3.44. The van der Waals surface area contributed by atoms with Crippen molar-refractivity contribution in [3.63, 3.8) is 0 Å². The molecule has 1 saturated heterocycles. The van der Waals surface area contributed by atoms with Crippen LogP contribution in [0.3, 0.4) is 0 Å². The molecule has 1 aliphatic heterocycles. The lowest BCUT2D eigenvalue weighted by Gasteiger charge is -2.20. The van der Waals surface area contributed by atoms with E-state index in [9.17, 15) is 8.42 Å². The molecule has 5 nitrogen and oxygen atoms in total. The fourth-order valence-electron chi connectivity index (χ4n) is 3.19. The van der Waals surface area contributed by atoms with Crippen LogP contribution in [0.2, 0.25) is 5.02 Å². The van der Waals surface area contributed by atoms with Crippen molar-refractivity contribution in [2.24, 2.45) is 0 Å². The number of hydrogen-bond acceptors (Lipinski definition) is 3. The summed E-state index contributed by atoms with van der Waals surface area (Å²) >= 11 is 11.3. The number of aryl methyl sites for hydroxylation is 1. The van der Waals surface area contributed by atoms with Gasteiger partial charge in [0.2, 0.25) is 10.0 Å². The lowest BCUT2D eigenvalue weighted by atomic mass is 10.2. The van der Waals surface area contributed by atoms with Crippen molar-refractivity contribution in [1.29, 1.82) is 0 Å². The largest absolute Gasteiger partial charge is 0.332 e. The molecule has 2 aromatic rings. The Morgan fingerprint density at radius 2 is 1.64 bits per heavy atom. The van der Waals surface area contributed by atoms with E-state index in [1.165, 1.54) is 0 Å². The van der Waals surface area contributed by atoms with Gasteiger partial charge in [0.15, 0.2) is 5.11 Å². The topological polar surface area (TPSA) is 61.4 Å². The van der Waals surface area contributed by atoms with E-state index in [0.29, 0.717) is 28.1 Å². The summed E-state index contributed by atoms with van der Waals surface area (Å²) in [7, 11) is -3.44. The van der Waals surface area contributed by atoms with Crippen molar-refractivity contribution < 1.29 is 8.42 Å². The third-order valence-corrected chi connectivity index (χ3v) is 7.10. The van der Waals surface area contributed by atoms with Crippen LogP contribution in [-0.2, 0) is 10.0 Å². The maximum Gasteiger partial charge on any atom is 0.243 e. The van der Waals surface area contributed by atoms with Crippen molar-refractivity contribution >= 4 is 50.3 Å². The van der Waals surface area contributed by atoms with Crippen molar-refractivity contribution in [2.75, 3.05) is 23.7 Å². The SMILES string of the molecule is Cc1cc(Cl)ccc1NC(=S)Nc1ccc(S(=O)(=O)N2CCCCCC2)cc1. The Morgan fingerprint density at radius 1 is 1.00 bits per heavy atom. The highest BCUT2D eigenvalue weighted by atomic mass is 35.5. The Bertz CT molecular complexity index is 938. The number of sulfonamides is 1. The highest BCUT2D eigenvalue weighted by molar-refractivity contribution is 7.89. The van der Waals surface area contributed by atoms with Gasteiger partial charge in [0.1, 0.15) is 0 Å². The highest BCUT2D eigenvalue weighted by Gasteiger charge is 2.24. The zero-order valence-corrected chi connectivity index (χ0v) is 18.1. The van der Waals surface area contributed by atoms with Gasteiger partial charge in [0.25, 0.3) is 0 Å². The summed E-state index contributed by atoms with van der Waals surface area (Å²) in [5.41, 5.74) is 2.57. The van der Waals surface area contributed by atoms with Crippen LogP contribution in [0.4, 0.5) is 11.4 Å². The first-order valence-corrected chi connectivity index (χ1v) is 11.5. The Hall–Kier alpha value is -1.67. The zero-order chi connectivity index (χ0) is 20.1. The third kappa shape index (κ3) is 5.23. The average molecular weight is 438 g/mol. The highest BCUT2D eigenvalue weighted by Crippen LogP contribution is 2.23. The quantitative estimate of drug-likeness (QED) is 0.657. The predicted molar refractivity (Wildman–Crippen MR) is 120 cm³/mol. The molecular formula is C20H24ClN3O2S2. The fourth-order valence-corrected chi connectivity index (χ4v) is 5.16. The zero-order valence-electron chi connectivity index (χ0n) is 15.7. The monoisotopic (exact) mass is 437 g/mol. The standard InChI is InChI=1S/C20H24ClN3O2S2/c1-15-14-16(21)6-11-19(15)23-20(27)22-17-7-9-18(10-8-17)28(25,26)24-12-4-2-3-5-13-24/h6-11,14H,2-5,12-13H2,1H3,(H2,22,23,27). The molecule has 1 heterocycles. The third-order valence-electron chi connectivity index (χ3n) is 4.75. The van der Waals surface area contributed by atoms with Crippen LogP contribution in [0.15, 0.2) is 47.4 Å². The van der Waals surface area contributed by atoms with Gasteiger partial charge in [-0.1, -0.05) is 24.4 Å². The van der Waals surface area contributed by atoms with E-state index in [4.69, 9.17) is 23.8 Å². The number of thiocarbonyl (C=S) groups is 1. The summed E-state index contributed by atoms with van der Waals surface area (Å²) < 4.78 is 27.3. The molecule has 1 aliphatic rings. The van der Waals surface area contributed by atoms with Crippen LogP contribution in [0.25, 0.3) is 0 Å². The molecule has 0 aromatic heterocycles. The maximum atomic E-state index is 12.8. The number of hydrogen-bond donors (Lipinski definition) is 2. The molecular weight excluding hydrogens is 414 g/mol. The summed E-state index contributed by atoms with van der Waals surface area (Å²) in [6.07, 6.45) is 4.02. The lowest BCUT2D eigenvalue weighted by Crippen LogP contribution is -2.31. The smallest absolute Gasteiger partial charge is 0.243 e. The van der Waals surface area contributed by atoms with Crippen molar-refractivity contribution in [2.45, 2.75) is 37.5 Å². The van der Waals surface area contributed by atoms with Crippen LogP contribution in [0.1, 0.15) is 31.2 Å². The van der Waals surface area contributed by atoms with Crippen molar-refractivity contribution in [3.8, 4) is 0 Å². The number of nitrogens with zero attached hydrogens (tertiary/aromatic N) is 1. The number of anilines is 2. The molecule has 0 atom stereocenters. The van der Waals surface area contributed by atoms with Crippen LogP contribution in [0.5, 0.6) is 0 Å². The molecule has 0 saturated carbocycles. The molecule has 1 fully saturated rings. The Morgan fingerprint density at radius 3 is 2.25 bits per heavy atom. The van der Waals surface area contributed by atoms with E-state index in [1.54, 1.807) is 34.6 Å². The molecule has 2 N–H and O–H groups in total. The van der Waals surface area contributed by atoms with E-state index in [2.05, 4.69) is 10.6 Å². The number of halogens is 1. The molecule has 0 bridgehead atoms. The number of benzene rings is 2. The molecule has 150 valence electrons. The second kappa shape index (κ2) is 9.22. The minimum Gasteiger partial charge on any atom is -0.332 e. The van der Waals surface area contributed by atoms with Gasteiger partial charge < -0.3 is 10.6 Å². The van der Waals surface area contributed by atoms with Gasteiger partial charge in [-0.05, 0) is 80.0 Å². The van der Waals surface area contributed by atoms with Gasteiger partial charge in [0, 0.05) is 29.5 Å². The first kappa shape index (κ1) is 21.0. The molecule has 0 unspecified atom stereocenters. The van der Waals surface area contributed by atoms with Crippen LogP contribution in [0, 0.1) is 6.92 Å². The maximum absolute atomic E-state index is 12.8. The van der Waals surface area contributed by atoms with E-state index in [0.717, 1.165) is 42.6 Å². The number of rotatable bonds is 4. The van der Waals surface area contributed by atoms with Gasteiger partial charge in [-0.3, -0.25) is 0 Å². The van der Waals surface area contributed by atoms with E-state index in [-0.39, 0.29) is 0 Å². The van der Waals surface area contributed by atoms with Gasteiger partial charge >= 0.3 is 0 Å². The Kier molecular flexibility index (Phi) is 6.93. The molecule has 0 radical (unpaired) electrons. The average Bonchev–Trinajstić information content (AvgIpc) is 2.94. The molecule has 8 heteroatoms. The molecule has 28 heavy (non-hydrogen) atoms.